The van der Waals surface area contributed by atoms with Gasteiger partial charge in [0.25, 0.3) is 0 Å². The third-order valence-corrected chi connectivity index (χ3v) is 4.05. The number of hydrogen-bond acceptors (Lipinski definition) is 7. The van der Waals surface area contributed by atoms with Gasteiger partial charge in [0.05, 0.1) is 10.7 Å². The number of aliphatic hydroxyl groups is 1. The average Bonchev–Trinajstić information content (AvgIpc) is 2.70. The molecule has 158 valence electrons. The Morgan fingerprint density at radius 3 is 2.50 bits per heavy atom. The van der Waals surface area contributed by atoms with Crippen molar-refractivity contribution in [3.8, 4) is 17.0 Å². The van der Waals surface area contributed by atoms with Crippen molar-refractivity contribution in [2.75, 3.05) is 23.8 Å². The van der Waals surface area contributed by atoms with E-state index in [4.69, 9.17) is 16.7 Å². The van der Waals surface area contributed by atoms with E-state index in [1.807, 2.05) is 0 Å². The van der Waals surface area contributed by atoms with Crippen LogP contribution in [0.15, 0.2) is 48.8 Å². The molecule has 0 atom stereocenters. The van der Waals surface area contributed by atoms with E-state index in [9.17, 15) is 13.2 Å². The lowest BCUT2D eigenvalue weighted by Gasteiger charge is -2.13. The van der Waals surface area contributed by atoms with Gasteiger partial charge in [0.15, 0.2) is 0 Å². The zero-order chi connectivity index (χ0) is 21.6. The fraction of sp³-hybridized carbons (Fsp3) is 0.211. The molecule has 3 aromatic rings. The largest absolute Gasteiger partial charge is 0.573 e. The predicted octanol–water partition coefficient (Wildman–Crippen LogP) is 4.63. The molecule has 3 N–H and O–H groups in total. The lowest BCUT2D eigenvalue weighted by atomic mass is 10.2. The number of ether oxygens (including phenoxy) is 1. The summed E-state index contributed by atoms with van der Waals surface area (Å²) in [5.74, 6) is 0.216. The van der Waals surface area contributed by atoms with Gasteiger partial charge in [-0.2, -0.15) is 4.98 Å². The first-order valence-electron chi connectivity index (χ1n) is 8.80. The summed E-state index contributed by atoms with van der Waals surface area (Å²) < 4.78 is 41.1. The Morgan fingerprint density at radius 1 is 1.07 bits per heavy atom. The normalized spacial score (nSPS) is 11.2. The first-order valence-corrected chi connectivity index (χ1v) is 9.18. The molecule has 0 unspecified atom stereocenters. The van der Waals surface area contributed by atoms with E-state index in [-0.39, 0.29) is 11.6 Å². The fourth-order valence-corrected chi connectivity index (χ4v) is 2.69. The maximum atomic E-state index is 12.4. The van der Waals surface area contributed by atoms with Crippen LogP contribution < -0.4 is 15.4 Å². The molecule has 0 fully saturated rings. The number of aliphatic hydroxyl groups excluding tert-OH is 1. The van der Waals surface area contributed by atoms with Crippen molar-refractivity contribution in [2.45, 2.75) is 12.8 Å². The van der Waals surface area contributed by atoms with Crippen molar-refractivity contribution in [2.24, 2.45) is 0 Å². The molecule has 7 nitrogen and oxygen atoms in total. The number of nitrogens with one attached hydrogen (secondary N) is 2. The molecule has 3 rings (SSSR count). The summed E-state index contributed by atoms with van der Waals surface area (Å²) in [6.07, 6.45) is -1.06. The predicted molar refractivity (Wildman–Crippen MR) is 107 cm³/mol. The summed E-state index contributed by atoms with van der Waals surface area (Å²) in [5, 5.41) is 14.8. The molecule has 30 heavy (non-hydrogen) atoms. The summed E-state index contributed by atoms with van der Waals surface area (Å²) >= 11 is 5.90. The third kappa shape index (κ3) is 6.19. The monoisotopic (exact) mass is 439 g/mol. The molecule has 0 spiro atoms. The lowest BCUT2D eigenvalue weighted by molar-refractivity contribution is -0.274. The number of aromatic nitrogens is 3. The smallest absolute Gasteiger partial charge is 0.404 e. The maximum Gasteiger partial charge on any atom is 0.573 e. The third-order valence-electron chi connectivity index (χ3n) is 3.75. The number of nitrogens with zero attached hydrogens (tertiary/aromatic N) is 3. The number of pyridine rings is 1. The van der Waals surface area contributed by atoms with E-state index in [0.717, 1.165) is 11.6 Å². The van der Waals surface area contributed by atoms with E-state index >= 15 is 0 Å². The molecule has 0 aliphatic heterocycles. The number of anilines is 3. The molecular formula is C19H17ClF3N5O2. The molecule has 0 amide bonds. The number of hydrogen-bond donors (Lipinski definition) is 3. The van der Waals surface area contributed by atoms with Gasteiger partial charge in [-0.15, -0.1) is 13.2 Å². The van der Waals surface area contributed by atoms with Gasteiger partial charge < -0.3 is 20.5 Å². The maximum absolute atomic E-state index is 12.4. The number of rotatable bonds is 8. The topological polar surface area (TPSA) is 92.2 Å². The first kappa shape index (κ1) is 21.6. The quantitative estimate of drug-likeness (QED) is 0.441. The Hall–Kier alpha value is -3.11. The minimum atomic E-state index is -4.83. The van der Waals surface area contributed by atoms with E-state index in [0.29, 0.717) is 36.1 Å². The molecule has 0 bridgehead atoms. The van der Waals surface area contributed by atoms with Crippen molar-refractivity contribution in [3.05, 3.63) is 53.8 Å². The van der Waals surface area contributed by atoms with Crippen LogP contribution in [0.5, 0.6) is 5.75 Å². The highest BCUT2D eigenvalue weighted by Crippen LogP contribution is 2.33. The molecule has 0 saturated heterocycles. The SMILES string of the molecule is OCCCNc1nc(Nc2ccc(OC(F)(F)F)c(Cl)c2)cc(-c2ccncc2)n1. The Labute approximate surface area is 174 Å². The summed E-state index contributed by atoms with van der Waals surface area (Å²) in [7, 11) is 0. The van der Waals surface area contributed by atoms with Crippen LogP contribution in [-0.2, 0) is 0 Å². The van der Waals surface area contributed by atoms with Crippen LogP contribution in [0, 0.1) is 0 Å². The molecule has 1 aromatic carbocycles. The molecule has 0 saturated carbocycles. The van der Waals surface area contributed by atoms with Gasteiger partial charge in [-0.25, -0.2) is 4.98 Å². The van der Waals surface area contributed by atoms with Crippen LogP contribution in [0.2, 0.25) is 5.02 Å². The standard InChI is InChI=1S/C19H17ClF3N5O2/c20-14-10-13(2-3-16(14)30-19(21,22)23)26-17-11-15(12-4-7-24-8-5-12)27-18(28-17)25-6-1-9-29/h2-5,7-8,10-11,29H,1,6,9H2,(H2,25,26,27,28). The summed E-state index contributed by atoms with van der Waals surface area (Å²) in [5.41, 5.74) is 1.81. The molecule has 11 heteroatoms. The van der Waals surface area contributed by atoms with Crippen molar-refractivity contribution in [1.82, 2.24) is 15.0 Å². The van der Waals surface area contributed by atoms with Crippen LogP contribution >= 0.6 is 11.6 Å². The Morgan fingerprint density at radius 2 is 1.83 bits per heavy atom. The number of alkyl halides is 3. The minimum Gasteiger partial charge on any atom is -0.404 e. The van der Waals surface area contributed by atoms with Gasteiger partial charge in [-0.1, -0.05) is 11.6 Å². The second-order valence-electron chi connectivity index (χ2n) is 6.02. The van der Waals surface area contributed by atoms with Gasteiger partial charge in [0.2, 0.25) is 5.95 Å². The second-order valence-corrected chi connectivity index (χ2v) is 6.43. The zero-order valence-corrected chi connectivity index (χ0v) is 16.2. The lowest BCUT2D eigenvalue weighted by Crippen LogP contribution is -2.17. The van der Waals surface area contributed by atoms with E-state index < -0.39 is 12.1 Å². The summed E-state index contributed by atoms with van der Waals surface area (Å²) in [4.78, 5) is 12.8. The van der Waals surface area contributed by atoms with E-state index in [1.54, 1.807) is 30.6 Å². The first-order chi connectivity index (χ1) is 14.3. The zero-order valence-electron chi connectivity index (χ0n) is 15.4. The van der Waals surface area contributed by atoms with Crippen LogP contribution in [-0.4, -0.2) is 39.6 Å². The molecule has 0 radical (unpaired) electrons. The van der Waals surface area contributed by atoms with Crippen LogP contribution in [0.1, 0.15) is 6.42 Å². The highest BCUT2D eigenvalue weighted by molar-refractivity contribution is 6.32. The Balaban J connectivity index is 1.87. The number of benzene rings is 1. The van der Waals surface area contributed by atoms with Crippen molar-refractivity contribution < 1.29 is 23.0 Å². The van der Waals surface area contributed by atoms with Gasteiger partial charge >= 0.3 is 6.36 Å². The Kier molecular flexibility index (Phi) is 6.91. The number of halogens is 4. The fourth-order valence-electron chi connectivity index (χ4n) is 2.47. The van der Waals surface area contributed by atoms with Crippen LogP contribution in [0.3, 0.4) is 0 Å². The van der Waals surface area contributed by atoms with Crippen LogP contribution in [0.25, 0.3) is 11.3 Å². The molecule has 0 aliphatic carbocycles. The molecule has 2 aromatic heterocycles. The van der Waals surface area contributed by atoms with Crippen molar-refractivity contribution in [3.63, 3.8) is 0 Å². The Bertz CT molecular complexity index is 990. The van der Waals surface area contributed by atoms with E-state index in [1.165, 1.54) is 12.1 Å². The molecule has 2 heterocycles. The minimum absolute atomic E-state index is 0.0208. The highest BCUT2D eigenvalue weighted by Gasteiger charge is 2.32. The van der Waals surface area contributed by atoms with Crippen molar-refractivity contribution >= 4 is 29.1 Å². The van der Waals surface area contributed by atoms with Gasteiger partial charge in [-0.05, 0) is 36.8 Å². The van der Waals surface area contributed by atoms with Crippen molar-refractivity contribution in [1.29, 1.82) is 0 Å². The average molecular weight is 440 g/mol. The summed E-state index contributed by atoms with van der Waals surface area (Å²) in [6.45, 7) is 0.484. The van der Waals surface area contributed by atoms with Gasteiger partial charge in [-0.3, -0.25) is 4.98 Å². The highest BCUT2D eigenvalue weighted by atomic mass is 35.5. The molecule has 0 aliphatic rings. The van der Waals surface area contributed by atoms with Crippen LogP contribution in [0.4, 0.5) is 30.6 Å². The van der Waals surface area contributed by atoms with Gasteiger partial charge in [0.1, 0.15) is 11.6 Å². The van der Waals surface area contributed by atoms with Gasteiger partial charge in [0, 0.05) is 42.9 Å². The molecular weight excluding hydrogens is 423 g/mol. The summed E-state index contributed by atoms with van der Waals surface area (Å²) in [6, 6.07) is 9.05. The van der Waals surface area contributed by atoms with E-state index in [2.05, 4.69) is 30.3 Å². The second kappa shape index (κ2) is 9.59.